The van der Waals surface area contributed by atoms with Gasteiger partial charge in [0, 0.05) is 11.4 Å². The Balaban J connectivity index is 1.63. The van der Waals surface area contributed by atoms with Crippen LogP contribution < -0.4 is 19.5 Å². The number of sulfonamides is 1. The zero-order chi connectivity index (χ0) is 23.8. The SMILES string of the molecule is CCOc1ccc(NS(=O)(=O)c2ccc(NC(=O)[C@H](CC)Oc3ccc(C)cc3)cc2)cc1. The summed E-state index contributed by atoms with van der Waals surface area (Å²) in [6.45, 7) is 6.25. The van der Waals surface area contributed by atoms with Crippen LogP contribution in [0.15, 0.2) is 77.7 Å². The average molecular weight is 469 g/mol. The molecular weight excluding hydrogens is 440 g/mol. The first-order valence-corrected chi connectivity index (χ1v) is 12.2. The van der Waals surface area contributed by atoms with E-state index in [2.05, 4.69) is 10.0 Å². The quantitative estimate of drug-likeness (QED) is 0.437. The summed E-state index contributed by atoms with van der Waals surface area (Å²) in [5.74, 6) is 0.975. The van der Waals surface area contributed by atoms with Crippen molar-refractivity contribution in [3.63, 3.8) is 0 Å². The lowest BCUT2D eigenvalue weighted by Gasteiger charge is -2.17. The Morgan fingerprint density at radius 1 is 0.848 bits per heavy atom. The van der Waals surface area contributed by atoms with Gasteiger partial charge in [-0.15, -0.1) is 0 Å². The molecule has 3 aromatic rings. The normalized spacial score (nSPS) is 12.0. The van der Waals surface area contributed by atoms with Crippen LogP contribution in [0.3, 0.4) is 0 Å². The Morgan fingerprint density at radius 2 is 1.42 bits per heavy atom. The molecule has 0 aliphatic rings. The minimum atomic E-state index is -3.78. The number of ether oxygens (including phenoxy) is 2. The van der Waals surface area contributed by atoms with Crippen molar-refractivity contribution < 1.29 is 22.7 Å². The van der Waals surface area contributed by atoms with Gasteiger partial charge >= 0.3 is 0 Å². The molecule has 3 rings (SSSR count). The second kappa shape index (κ2) is 10.9. The van der Waals surface area contributed by atoms with Gasteiger partial charge in [-0.1, -0.05) is 24.6 Å². The number of carbonyl (C=O) groups is 1. The Labute approximate surface area is 194 Å². The molecule has 33 heavy (non-hydrogen) atoms. The highest BCUT2D eigenvalue weighted by molar-refractivity contribution is 7.92. The van der Waals surface area contributed by atoms with Gasteiger partial charge in [-0.3, -0.25) is 9.52 Å². The van der Waals surface area contributed by atoms with E-state index in [4.69, 9.17) is 9.47 Å². The zero-order valence-electron chi connectivity index (χ0n) is 18.9. The molecule has 0 bridgehead atoms. The van der Waals surface area contributed by atoms with Crippen molar-refractivity contribution in [2.75, 3.05) is 16.6 Å². The summed E-state index contributed by atoms with van der Waals surface area (Å²) >= 11 is 0. The fourth-order valence-corrected chi connectivity index (χ4v) is 4.10. The van der Waals surface area contributed by atoms with Gasteiger partial charge in [0.25, 0.3) is 15.9 Å². The lowest BCUT2D eigenvalue weighted by atomic mass is 10.2. The van der Waals surface area contributed by atoms with Gasteiger partial charge in [-0.2, -0.15) is 0 Å². The number of amides is 1. The molecule has 8 heteroatoms. The van der Waals surface area contributed by atoms with Crippen LogP contribution >= 0.6 is 0 Å². The smallest absolute Gasteiger partial charge is 0.265 e. The molecule has 0 spiro atoms. The maximum absolute atomic E-state index is 12.7. The van der Waals surface area contributed by atoms with Crippen molar-refractivity contribution in [2.24, 2.45) is 0 Å². The predicted molar refractivity (Wildman–Crippen MR) is 129 cm³/mol. The van der Waals surface area contributed by atoms with Crippen molar-refractivity contribution in [1.82, 2.24) is 0 Å². The summed E-state index contributed by atoms with van der Waals surface area (Å²) in [5, 5.41) is 2.78. The van der Waals surface area contributed by atoms with Crippen molar-refractivity contribution >= 4 is 27.3 Å². The molecule has 7 nitrogen and oxygen atoms in total. The minimum Gasteiger partial charge on any atom is -0.494 e. The monoisotopic (exact) mass is 468 g/mol. The number of hydrogen-bond donors (Lipinski definition) is 2. The predicted octanol–water partition coefficient (Wildman–Crippen LogP) is 4.99. The molecule has 1 amide bonds. The molecular formula is C25H28N2O5S. The van der Waals surface area contributed by atoms with Crippen molar-refractivity contribution in [1.29, 1.82) is 0 Å². The number of anilines is 2. The number of aryl methyl sites for hydroxylation is 1. The third-order valence-electron chi connectivity index (χ3n) is 4.81. The molecule has 174 valence electrons. The molecule has 3 aromatic carbocycles. The molecule has 1 atom stereocenters. The maximum atomic E-state index is 12.7. The zero-order valence-corrected chi connectivity index (χ0v) is 19.7. The standard InChI is InChI=1S/C25H28N2O5S/c1-4-24(32-22-12-6-18(3)7-13-22)25(28)26-19-10-16-23(17-11-19)33(29,30)27-20-8-14-21(15-9-20)31-5-2/h6-17,24,27H,4-5H2,1-3H3,(H,26,28)/t24-/m0/s1. The largest absolute Gasteiger partial charge is 0.494 e. The Hall–Kier alpha value is -3.52. The highest BCUT2D eigenvalue weighted by Crippen LogP contribution is 2.21. The van der Waals surface area contributed by atoms with E-state index in [0.29, 0.717) is 35.9 Å². The van der Waals surface area contributed by atoms with E-state index in [1.165, 1.54) is 12.1 Å². The van der Waals surface area contributed by atoms with E-state index in [9.17, 15) is 13.2 Å². The highest BCUT2D eigenvalue weighted by Gasteiger charge is 2.19. The second-order valence-electron chi connectivity index (χ2n) is 7.40. The molecule has 0 aliphatic carbocycles. The molecule has 0 radical (unpaired) electrons. The van der Waals surface area contributed by atoms with E-state index < -0.39 is 16.1 Å². The summed E-state index contributed by atoms with van der Waals surface area (Å²) in [6, 6.07) is 20.1. The van der Waals surface area contributed by atoms with Crippen LogP contribution in [0.25, 0.3) is 0 Å². The summed E-state index contributed by atoms with van der Waals surface area (Å²) in [7, 11) is -3.78. The van der Waals surface area contributed by atoms with E-state index in [1.54, 1.807) is 36.4 Å². The number of carbonyl (C=O) groups excluding carboxylic acids is 1. The molecule has 2 N–H and O–H groups in total. The fraction of sp³-hybridized carbons (Fsp3) is 0.240. The number of benzene rings is 3. The van der Waals surface area contributed by atoms with Crippen LogP contribution in [0, 0.1) is 6.92 Å². The van der Waals surface area contributed by atoms with E-state index in [-0.39, 0.29) is 10.8 Å². The molecule has 0 heterocycles. The second-order valence-corrected chi connectivity index (χ2v) is 9.09. The van der Waals surface area contributed by atoms with E-state index in [1.807, 2.05) is 45.0 Å². The van der Waals surface area contributed by atoms with Crippen molar-refractivity contribution in [3.05, 3.63) is 78.4 Å². The molecule has 0 unspecified atom stereocenters. The van der Waals surface area contributed by atoms with Gasteiger partial charge in [-0.25, -0.2) is 8.42 Å². The average Bonchev–Trinajstić information content (AvgIpc) is 2.80. The Bertz CT molecular complexity index is 1160. The van der Waals surface area contributed by atoms with E-state index in [0.717, 1.165) is 5.56 Å². The first-order chi connectivity index (χ1) is 15.8. The van der Waals surface area contributed by atoms with Crippen molar-refractivity contribution in [2.45, 2.75) is 38.2 Å². The summed E-state index contributed by atoms with van der Waals surface area (Å²) in [4.78, 5) is 12.7. The molecule has 0 fully saturated rings. The third kappa shape index (κ3) is 6.73. The Kier molecular flexibility index (Phi) is 7.95. The first-order valence-electron chi connectivity index (χ1n) is 10.7. The van der Waals surface area contributed by atoms with Crippen LogP contribution in [0.1, 0.15) is 25.8 Å². The van der Waals surface area contributed by atoms with Gasteiger partial charge in [-0.05, 0) is 80.9 Å². The maximum Gasteiger partial charge on any atom is 0.265 e. The highest BCUT2D eigenvalue weighted by atomic mass is 32.2. The third-order valence-corrected chi connectivity index (χ3v) is 6.21. The van der Waals surface area contributed by atoms with Crippen molar-refractivity contribution in [3.8, 4) is 11.5 Å². The van der Waals surface area contributed by atoms with Crippen LogP contribution in [0.5, 0.6) is 11.5 Å². The topological polar surface area (TPSA) is 93.7 Å². The van der Waals surface area contributed by atoms with Gasteiger partial charge in [0.05, 0.1) is 11.5 Å². The molecule has 0 saturated carbocycles. The van der Waals surface area contributed by atoms with Crippen LogP contribution in [0.4, 0.5) is 11.4 Å². The van der Waals surface area contributed by atoms with Gasteiger partial charge < -0.3 is 14.8 Å². The van der Waals surface area contributed by atoms with Crippen LogP contribution in [-0.2, 0) is 14.8 Å². The summed E-state index contributed by atoms with van der Waals surface area (Å²) in [5.41, 5.74) is 2.01. The first kappa shape index (κ1) is 24.1. The molecule has 0 saturated heterocycles. The summed E-state index contributed by atoms with van der Waals surface area (Å²) < 4.78 is 39.0. The number of nitrogens with one attached hydrogen (secondary N) is 2. The number of rotatable bonds is 10. The van der Waals surface area contributed by atoms with Gasteiger partial charge in [0.1, 0.15) is 11.5 Å². The number of hydrogen-bond acceptors (Lipinski definition) is 5. The van der Waals surface area contributed by atoms with Gasteiger partial charge in [0.2, 0.25) is 0 Å². The van der Waals surface area contributed by atoms with Crippen LogP contribution in [-0.4, -0.2) is 27.0 Å². The molecule has 0 aromatic heterocycles. The van der Waals surface area contributed by atoms with E-state index >= 15 is 0 Å². The fourth-order valence-electron chi connectivity index (χ4n) is 3.04. The lowest BCUT2D eigenvalue weighted by Crippen LogP contribution is -2.32. The Morgan fingerprint density at radius 3 is 2.00 bits per heavy atom. The lowest BCUT2D eigenvalue weighted by molar-refractivity contribution is -0.122. The summed E-state index contributed by atoms with van der Waals surface area (Å²) in [6.07, 6.45) is -0.185. The van der Waals surface area contributed by atoms with Gasteiger partial charge in [0.15, 0.2) is 6.10 Å². The molecule has 0 aliphatic heterocycles. The minimum absolute atomic E-state index is 0.0809. The van der Waals surface area contributed by atoms with Crippen LogP contribution in [0.2, 0.25) is 0 Å².